The molecule has 0 aliphatic heterocycles. The fourth-order valence-electron chi connectivity index (χ4n) is 5.68. The van der Waals surface area contributed by atoms with Gasteiger partial charge in [-0.3, -0.25) is 4.79 Å². The summed E-state index contributed by atoms with van der Waals surface area (Å²) in [5.74, 6) is -0.0854. The summed E-state index contributed by atoms with van der Waals surface area (Å²) in [7, 11) is 0. The van der Waals surface area contributed by atoms with E-state index < -0.39 is 18.0 Å². The number of hydrogen-bond acceptors (Lipinski definition) is 4. The third-order valence-corrected chi connectivity index (χ3v) is 8.00. The van der Waals surface area contributed by atoms with Crippen LogP contribution in [0.3, 0.4) is 0 Å². The molecule has 0 heterocycles. The quantitative estimate of drug-likeness (QED) is 0.219. The first kappa shape index (κ1) is 32.6. The van der Waals surface area contributed by atoms with Gasteiger partial charge in [0.05, 0.1) is 12.1 Å². The van der Waals surface area contributed by atoms with Crippen LogP contribution in [-0.4, -0.2) is 29.7 Å². The van der Waals surface area contributed by atoms with E-state index in [4.69, 9.17) is 4.74 Å². The normalized spacial score (nSPS) is 16.0. The maximum atomic E-state index is 14.9. The van der Waals surface area contributed by atoms with Crippen LogP contribution in [0.2, 0.25) is 0 Å². The Bertz CT molecular complexity index is 1250. The second-order valence-corrected chi connectivity index (χ2v) is 11.4. The molecule has 2 atom stereocenters. The van der Waals surface area contributed by atoms with E-state index in [2.05, 4.69) is 48.7 Å². The zero-order valence-corrected chi connectivity index (χ0v) is 25.2. The fraction of sp³-hybridized carbons (Fsp3) is 0.441. The highest BCUT2D eigenvalue weighted by atomic mass is 35.5. The van der Waals surface area contributed by atoms with E-state index >= 15 is 0 Å². The third-order valence-electron chi connectivity index (χ3n) is 8.00. The van der Waals surface area contributed by atoms with Gasteiger partial charge in [-0.25, -0.2) is 4.39 Å². The second kappa shape index (κ2) is 15.3. The largest absolute Gasteiger partial charge is 0.486 e. The van der Waals surface area contributed by atoms with Crippen molar-refractivity contribution in [1.29, 1.82) is 0 Å². The van der Waals surface area contributed by atoms with Gasteiger partial charge in [-0.15, -0.1) is 12.4 Å². The first-order chi connectivity index (χ1) is 19.3. The molecule has 1 aliphatic carbocycles. The first-order valence-electron chi connectivity index (χ1n) is 14.5. The Morgan fingerprint density at radius 2 is 1.71 bits per heavy atom. The van der Waals surface area contributed by atoms with Crippen molar-refractivity contribution in [1.82, 2.24) is 10.6 Å². The van der Waals surface area contributed by atoms with Crippen LogP contribution in [-0.2, 0) is 23.4 Å². The molecule has 0 unspecified atom stereocenters. The molecule has 0 aromatic heterocycles. The molecule has 222 valence electrons. The maximum absolute atomic E-state index is 14.9. The third kappa shape index (κ3) is 9.03. The number of rotatable bonds is 12. The molecule has 3 aromatic carbocycles. The molecule has 1 amide bonds. The van der Waals surface area contributed by atoms with Crippen molar-refractivity contribution in [3.05, 3.63) is 101 Å². The lowest BCUT2D eigenvalue weighted by Crippen LogP contribution is -2.53. The minimum atomic E-state index is -0.854. The molecule has 1 aliphatic rings. The fourth-order valence-corrected chi connectivity index (χ4v) is 5.68. The minimum Gasteiger partial charge on any atom is -0.486 e. The lowest BCUT2D eigenvalue weighted by molar-refractivity contribution is -0.120. The summed E-state index contributed by atoms with van der Waals surface area (Å²) in [4.78, 5) is 12.0. The molecule has 5 nitrogen and oxygen atoms in total. The van der Waals surface area contributed by atoms with Gasteiger partial charge in [0.2, 0.25) is 5.91 Å². The molecule has 41 heavy (non-hydrogen) atoms. The SMILES string of the molecule is CC(=O)N[C@@H](Cc1ccc(OCc2ccccc2)c(F)c1)[C@@H](O)CNC1(c2cccc(C(C)C)c2)CCCCC1.Cl. The van der Waals surface area contributed by atoms with E-state index in [-0.39, 0.29) is 36.2 Å². The smallest absolute Gasteiger partial charge is 0.217 e. The van der Waals surface area contributed by atoms with Gasteiger partial charge in [0.25, 0.3) is 0 Å². The summed E-state index contributed by atoms with van der Waals surface area (Å²) < 4.78 is 20.6. The number of halogens is 2. The van der Waals surface area contributed by atoms with Crippen LogP contribution in [0, 0.1) is 5.82 Å². The molecule has 4 rings (SSSR count). The first-order valence-corrected chi connectivity index (χ1v) is 14.5. The number of carbonyl (C=O) groups is 1. The average Bonchev–Trinajstić information content (AvgIpc) is 2.96. The summed E-state index contributed by atoms with van der Waals surface area (Å²) in [6, 6.07) is 22.7. The highest BCUT2D eigenvalue weighted by Crippen LogP contribution is 2.38. The van der Waals surface area contributed by atoms with E-state index in [0.717, 1.165) is 31.2 Å². The van der Waals surface area contributed by atoms with Crippen molar-refractivity contribution < 1.29 is 19.0 Å². The summed E-state index contributed by atoms with van der Waals surface area (Å²) in [6.07, 6.45) is 4.91. The predicted octanol–water partition coefficient (Wildman–Crippen LogP) is 6.81. The number of ether oxygens (including phenoxy) is 1. The Balaban J connectivity index is 0.00000462. The number of aliphatic hydroxyl groups excluding tert-OH is 1. The Kier molecular flexibility index (Phi) is 12.2. The highest BCUT2D eigenvalue weighted by molar-refractivity contribution is 5.85. The molecule has 3 N–H and O–H groups in total. The zero-order valence-electron chi connectivity index (χ0n) is 24.4. The van der Waals surface area contributed by atoms with Crippen molar-refractivity contribution in [3.8, 4) is 5.75 Å². The molecule has 0 radical (unpaired) electrons. The van der Waals surface area contributed by atoms with E-state index in [1.165, 1.54) is 30.5 Å². The topological polar surface area (TPSA) is 70.6 Å². The number of carbonyl (C=O) groups excluding carboxylic acids is 1. The molecule has 0 saturated heterocycles. The van der Waals surface area contributed by atoms with Crippen LogP contribution in [0.1, 0.15) is 81.0 Å². The van der Waals surface area contributed by atoms with E-state index in [1.807, 2.05) is 30.3 Å². The predicted molar refractivity (Wildman–Crippen MR) is 165 cm³/mol. The van der Waals surface area contributed by atoms with Crippen LogP contribution >= 0.6 is 12.4 Å². The molecular weight excluding hydrogens is 539 g/mol. The van der Waals surface area contributed by atoms with Gasteiger partial charge in [0, 0.05) is 19.0 Å². The van der Waals surface area contributed by atoms with Gasteiger partial charge in [-0.05, 0) is 59.6 Å². The van der Waals surface area contributed by atoms with Crippen molar-refractivity contribution in [2.24, 2.45) is 0 Å². The average molecular weight is 583 g/mol. The summed E-state index contributed by atoms with van der Waals surface area (Å²) in [5, 5.41) is 17.9. The van der Waals surface area contributed by atoms with Gasteiger partial charge in [0.15, 0.2) is 11.6 Å². The van der Waals surface area contributed by atoms with Crippen molar-refractivity contribution in [3.63, 3.8) is 0 Å². The van der Waals surface area contributed by atoms with Gasteiger partial charge < -0.3 is 20.5 Å². The Morgan fingerprint density at radius 3 is 2.37 bits per heavy atom. The second-order valence-electron chi connectivity index (χ2n) is 11.4. The Hall–Kier alpha value is -2.93. The van der Waals surface area contributed by atoms with E-state index in [9.17, 15) is 14.3 Å². The molecule has 0 bridgehead atoms. The van der Waals surface area contributed by atoms with E-state index in [0.29, 0.717) is 24.4 Å². The molecule has 0 spiro atoms. The summed E-state index contributed by atoms with van der Waals surface area (Å²) in [5.41, 5.74) is 3.99. The van der Waals surface area contributed by atoms with Crippen LogP contribution < -0.4 is 15.4 Å². The molecule has 1 fully saturated rings. The lowest BCUT2D eigenvalue weighted by Gasteiger charge is -2.40. The van der Waals surface area contributed by atoms with Crippen molar-refractivity contribution >= 4 is 18.3 Å². The number of nitrogens with one attached hydrogen (secondary N) is 2. The molecule has 7 heteroatoms. The lowest BCUT2D eigenvalue weighted by atomic mass is 9.75. The Morgan fingerprint density at radius 1 is 0.976 bits per heavy atom. The Labute approximate surface area is 250 Å². The minimum absolute atomic E-state index is 0. The van der Waals surface area contributed by atoms with Crippen molar-refractivity contribution in [2.45, 2.75) is 89.5 Å². The highest BCUT2D eigenvalue weighted by Gasteiger charge is 2.35. The van der Waals surface area contributed by atoms with Crippen LogP contribution in [0.15, 0.2) is 72.8 Å². The monoisotopic (exact) mass is 582 g/mol. The number of aliphatic hydroxyl groups is 1. The van der Waals surface area contributed by atoms with Gasteiger partial charge in [0.1, 0.15) is 6.61 Å². The maximum Gasteiger partial charge on any atom is 0.217 e. The molecule has 1 saturated carbocycles. The number of hydrogen-bond donors (Lipinski definition) is 3. The molecule has 3 aromatic rings. The van der Waals surface area contributed by atoms with Gasteiger partial charge >= 0.3 is 0 Å². The van der Waals surface area contributed by atoms with Crippen LogP contribution in [0.25, 0.3) is 0 Å². The molecular formula is C34H44ClFN2O3. The standard InChI is InChI=1S/C34H43FN2O3.ClH/c1-24(2)28-13-10-14-29(21-28)34(17-8-5-9-18-34)36-22-32(39)31(37-25(3)38)20-27-15-16-33(30(35)19-27)40-23-26-11-6-4-7-12-26;/h4,6-7,10-16,19,21,24,31-32,36,39H,5,8-9,17-18,20,22-23H2,1-3H3,(H,37,38);1H/t31-,32-;/m0./s1. The van der Waals surface area contributed by atoms with Crippen LogP contribution in [0.5, 0.6) is 5.75 Å². The number of amides is 1. The van der Waals surface area contributed by atoms with Gasteiger partial charge in [-0.2, -0.15) is 0 Å². The van der Waals surface area contributed by atoms with E-state index in [1.54, 1.807) is 12.1 Å². The van der Waals surface area contributed by atoms with Crippen LogP contribution in [0.4, 0.5) is 4.39 Å². The number of benzene rings is 3. The van der Waals surface area contributed by atoms with Gasteiger partial charge in [-0.1, -0.05) is 93.8 Å². The zero-order chi connectivity index (χ0) is 28.5. The van der Waals surface area contributed by atoms with Crippen molar-refractivity contribution in [2.75, 3.05) is 6.54 Å². The summed E-state index contributed by atoms with van der Waals surface area (Å²) in [6.45, 7) is 6.43. The summed E-state index contributed by atoms with van der Waals surface area (Å²) >= 11 is 0.